The van der Waals surface area contributed by atoms with Crippen LogP contribution in [0.25, 0.3) is 0 Å². The lowest BCUT2D eigenvalue weighted by atomic mass is 9.92. The lowest BCUT2D eigenvalue weighted by Crippen LogP contribution is -2.39. The molecule has 0 unspecified atom stereocenters. The van der Waals surface area contributed by atoms with Crippen molar-refractivity contribution in [3.8, 4) is 5.75 Å². The smallest absolute Gasteiger partial charge is 0.119 e. The molecule has 1 saturated carbocycles. The average molecular weight is 234 g/mol. The minimum atomic E-state index is 0.425. The average Bonchev–Trinajstić information content (AvgIpc) is 2.38. The Morgan fingerprint density at radius 2 is 1.82 bits per heavy atom. The largest absolute Gasteiger partial charge is 0.492 e. The fourth-order valence-electron chi connectivity index (χ4n) is 2.27. The number of hydrogen-bond acceptors (Lipinski definition) is 3. The summed E-state index contributed by atoms with van der Waals surface area (Å²) in [6.07, 6.45) is 4.70. The number of nitrogens with two attached hydrogens (primary N) is 1. The Labute approximate surface area is 103 Å². The van der Waals surface area contributed by atoms with Gasteiger partial charge >= 0.3 is 0 Å². The molecule has 3 nitrogen and oxygen atoms in total. The molecular formula is C14H22N2O. The van der Waals surface area contributed by atoms with Crippen LogP contribution in [0.15, 0.2) is 30.3 Å². The summed E-state index contributed by atoms with van der Waals surface area (Å²) in [7, 11) is 0. The summed E-state index contributed by atoms with van der Waals surface area (Å²) in [5, 5.41) is 3.53. The van der Waals surface area contributed by atoms with Crippen molar-refractivity contribution in [2.24, 2.45) is 5.73 Å². The molecule has 0 radical (unpaired) electrons. The standard InChI is InChI=1S/C14H22N2O/c15-12-6-8-13(9-7-12)16-10-11-17-14-4-2-1-3-5-14/h1-5,12-13,16H,6-11,15H2. The third-order valence-corrected chi connectivity index (χ3v) is 3.32. The zero-order valence-corrected chi connectivity index (χ0v) is 10.3. The number of nitrogens with one attached hydrogen (secondary N) is 1. The van der Waals surface area contributed by atoms with Crippen molar-refractivity contribution in [1.82, 2.24) is 5.32 Å². The minimum absolute atomic E-state index is 0.425. The summed E-state index contributed by atoms with van der Waals surface area (Å²) in [6.45, 7) is 1.64. The zero-order chi connectivity index (χ0) is 11.9. The van der Waals surface area contributed by atoms with E-state index in [0.29, 0.717) is 12.1 Å². The maximum absolute atomic E-state index is 5.88. The molecule has 1 aliphatic carbocycles. The molecule has 17 heavy (non-hydrogen) atoms. The Balaban J connectivity index is 1.57. The fourth-order valence-corrected chi connectivity index (χ4v) is 2.27. The maximum Gasteiger partial charge on any atom is 0.119 e. The van der Waals surface area contributed by atoms with E-state index in [-0.39, 0.29) is 0 Å². The van der Waals surface area contributed by atoms with Crippen molar-refractivity contribution in [3.63, 3.8) is 0 Å². The second-order valence-electron chi connectivity index (χ2n) is 4.73. The van der Waals surface area contributed by atoms with E-state index in [9.17, 15) is 0 Å². The first-order valence-electron chi connectivity index (χ1n) is 6.51. The number of rotatable bonds is 5. The van der Waals surface area contributed by atoms with Gasteiger partial charge in [-0.3, -0.25) is 0 Å². The summed E-state index contributed by atoms with van der Waals surface area (Å²) in [5.74, 6) is 0.944. The van der Waals surface area contributed by atoms with Gasteiger partial charge in [0.1, 0.15) is 12.4 Å². The van der Waals surface area contributed by atoms with Gasteiger partial charge in [-0.15, -0.1) is 0 Å². The quantitative estimate of drug-likeness (QED) is 0.765. The normalized spacial score (nSPS) is 24.5. The van der Waals surface area contributed by atoms with E-state index in [1.807, 2.05) is 30.3 Å². The highest BCUT2D eigenvalue weighted by molar-refractivity contribution is 5.20. The van der Waals surface area contributed by atoms with Gasteiger partial charge in [0, 0.05) is 18.6 Å². The Morgan fingerprint density at radius 1 is 1.12 bits per heavy atom. The predicted molar refractivity (Wildman–Crippen MR) is 70.2 cm³/mol. The Hall–Kier alpha value is -1.06. The van der Waals surface area contributed by atoms with Crippen molar-refractivity contribution >= 4 is 0 Å². The summed E-state index contributed by atoms with van der Waals surface area (Å²) < 4.78 is 5.63. The predicted octanol–water partition coefficient (Wildman–Crippen LogP) is 1.92. The van der Waals surface area contributed by atoms with Crippen molar-refractivity contribution < 1.29 is 4.74 Å². The van der Waals surface area contributed by atoms with Crippen molar-refractivity contribution in [2.45, 2.75) is 37.8 Å². The molecule has 0 heterocycles. The van der Waals surface area contributed by atoms with E-state index >= 15 is 0 Å². The van der Waals surface area contributed by atoms with Crippen LogP contribution in [-0.2, 0) is 0 Å². The van der Waals surface area contributed by atoms with E-state index in [1.165, 1.54) is 12.8 Å². The lowest BCUT2D eigenvalue weighted by molar-refractivity contribution is 0.283. The number of benzene rings is 1. The fraction of sp³-hybridized carbons (Fsp3) is 0.571. The van der Waals surface area contributed by atoms with Gasteiger partial charge in [0.05, 0.1) is 0 Å². The summed E-state index contributed by atoms with van der Waals surface area (Å²) in [6, 6.07) is 11.0. The first kappa shape index (κ1) is 12.4. The second-order valence-corrected chi connectivity index (χ2v) is 4.73. The van der Waals surface area contributed by atoms with Crippen LogP contribution in [0.1, 0.15) is 25.7 Å². The van der Waals surface area contributed by atoms with E-state index in [2.05, 4.69) is 5.32 Å². The van der Waals surface area contributed by atoms with Crippen molar-refractivity contribution in [3.05, 3.63) is 30.3 Å². The van der Waals surface area contributed by atoms with Gasteiger partial charge in [0.15, 0.2) is 0 Å². The molecule has 0 aromatic heterocycles. The SMILES string of the molecule is NC1CCC(NCCOc2ccccc2)CC1. The van der Waals surface area contributed by atoms with Crippen LogP contribution in [0.4, 0.5) is 0 Å². The van der Waals surface area contributed by atoms with Crippen LogP contribution in [0.3, 0.4) is 0 Å². The topological polar surface area (TPSA) is 47.3 Å². The highest BCUT2D eigenvalue weighted by Crippen LogP contribution is 2.16. The highest BCUT2D eigenvalue weighted by atomic mass is 16.5. The van der Waals surface area contributed by atoms with E-state index in [4.69, 9.17) is 10.5 Å². The molecular weight excluding hydrogens is 212 g/mol. The molecule has 1 aromatic carbocycles. The third-order valence-electron chi connectivity index (χ3n) is 3.32. The van der Waals surface area contributed by atoms with Gasteiger partial charge in [-0.25, -0.2) is 0 Å². The van der Waals surface area contributed by atoms with Gasteiger partial charge in [-0.2, -0.15) is 0 Å². The Kier molecular flexibility index (Phi) is 4.83. The number of para-hydroxylation sites is 1. The lowest BCUT2D eigenvalue weighted by Gasteiger charge is -2.26. The highest BCUT2D eigenvalue weighted by Gasteiger charge is 2.17. The molecule has 0 saturated heterocycles. The molecule has 0 spiro atoms. The number of hydrogen-bond donors (Lipinski definition) is 2. The van der Waals surface area contributed by atoms with Crippen LogP contribution in [0.2, 0.25) is 0 Å². The van der Waals surface area contributed by atoms with Gasteiger partial charge in [0.25, 0.3) is 0 Å². The van der Waals surface area contributed by atoms with Crippen molar-refractivity contribution in [1.29, 1.82) is 0 Å². The number of ether oxygens (including phenoxy) is 1. The maximum atomic E-state index is 5.88. The third kappa shape index (κ3) is 4.36. The minimum Gasteiger partial charge on any atom is -0.492 e. The molecule has 1 fully saturated rings. The van der Waals surface area contributed by atoms with Crippen molar-refractivity contribution in [2.75, 3.05) is 13.2 Å². The molecule has 0 atom stereocenters. The van der Waals surface area contributed by atoms with Crippen LogP contribution in [0, 0.1) is 0 Å². The van der Waals surface area contributed by atoms with Gasteiger partial charge in [-0.05, 0) is 37.8 Å². The molecule has 1 aromatic rings. The molecule has 2 rings (SSSR count). The van der Waals surface area contributed by atoms with Crippen LogP contribution in [0.5, 0.6) is 5.75 Å². The molecule has 0 amide bonds. The Bertz CT molecular complexity index is 307. The summed E-state index contributed by atoms with van der Waals surface area (Å²) in [5.41, 5.74) is 5.88. The molecule has 0 bridgehead atoms. The van der Waals surface area contributed by atoms with Gasteiger partial charge in [0.2, 0.25) is 0 Å². The first-order chi connectivity index (χ1) is 8.34. The van der Waals surface area contributed by atoms with Crippen LogP contribution in [-0.4, -0.2) is 25.2 Å². The monoisotopic (exact) mass is 234 g/mol. The summed E-state index contributed by atoms with van der Waals surface area (Å²) in [4.78, 5) is 0. The molecule has 3 heteroatoms. The van der Waals surface area contributed by atoms with E-state index < -0.39 is 0 Å². The molecule has 3 N–H and O–H groups in total. The van der Waals surface area contributed by atoms with Crippen LogP contribution < -0.4 is 15.8 Å². The first-order valence-corrected chi connectivity index (χ1v) is 6.51. The second kappa shape index (κ2) is 6.62. The summed E-state index contributed by atoms with van der Waals surface area (Å²) >= 11 is 0. The Morgan fingerprint density at radius 3 is 2.53 bits per heavy atom. The van der Waals surface area contributed by atoms with E-state index in [1.54, 1.807) is 0 Å². The molecule has 94 valence electrons. The molecule has 0 aliphatic heterocycles. The zero-order valence-electron chi connectivity index (χ0n) is 10.3. The van der Waals surface area contributed by atoms with Crippen LogP contribution >= 0.6 is 0 Å². The van der Waals surface area contributed by atoms with Gasteiger partial charge in [-0.1, -0.05) is 18.2 Å². The molecule has 1 aliphatic rings. The van der Waals surface area contributed by atoms with Gasteiger partial charge < -0.3 is 15.8 Å². The van der Waals surface area contributed by atoms with E-state index in [0.717, 1.165) is 31.7 Å².